The monoisotopic (exact) mass is 1440 g/mol. The number of hydrogen-bond acceptors (Lipinski definition) is 4. The van der Waals surface area contributed by atoms with E-state index in [1.807, 2.05) is 34.0 Å². The number of benzene rings is 17. The van der Waals surface area contributed by atoms with Crippen LogP contribution in [-0.2, 0) is 0 Å². The highest BCUT2D eigenvalue weighted by Crippen LogP contribution is 2.49. The van der Waals surface area contributed by atoms with Crippen LogP contribution in [0.3, 0.4) is 0 Å². The summed E-state index contributed by atoms with van der Waals surface area (Å²) in [5.74, 6) is 0. The summed E-state index contributed by atoms with van der Waals surface area (Å²) < 4.78 is 15.4. The molecule has 109 heavy (non-hydrogen) atoms. The maximum Gasteiger partial charge on any atom is 0.0719 e. The molecule has 0 aliphatic rings. The lowest BCUT2D eigenvalue weighted by molar-refractivity contribution is 1.18. The zero-order valence-electron chi connectivity index (χ0n) is 59.0. The van der Waals surface area contributed by atoms with Gasteiger partial charge in [0.15, 0.2) is 0 Å². The highest BCUT2D eigenvalue weighted by Gasteiger charge is 2.24. The fourth-order valence-corrected chi connectivity index (χ4v) is 20.8. The first-order valence-electron chi connectivity index (χ1n) is 37.1. The van der Waals surface area contributed by atoms with Gasteiger partial charge in [-0.3, -0.25) is 0 Å². The second-order valence-electron chi connectivity index (χ2n) is 28.2. The molecule has 0 radical (unpaired) electrons. The first kappa shape index (κ1) is 62.9. The van der Waals surface area contributed by atoms with Crippen molar-refractivity contribution in [2.45, 2.75) is 0 Å². The number of para-hydroxylation sites is 4. The van der Waals surface area contributed by atoms with E-state index in [9.17, 15) is 0 Å². The molecule has 0 spiro atoms. The van der Waals surface area contributed by atoms with E-state index >= 15 is 0 Å². The third-order valence-electron chi connectivity index (χ3n) is 22.1. The van der Waals surface area contributed by atoms with E-state index in [1.165, 1.54) is 176 Å². The fourth-order valence-electron chi connectivity index (χ4n) is 17.1. The molecule has 17 aromatic carbocycles. The van der Waals surface area contributed by atoms with E-state index in [2.05, 4.69) is 407 Å². The molecule has 7 heteroatoms. The van der Waals surface area contributed by atoms with Crippen LogP contribution in [0.4, 0.5) is 17.1 Å². The van der Waals surface area contributed by atoms with Crippen molar-refractivity contribution in [1.82, 2.24) is 13.7 Å². The summed E-state index contributed by atoms with van der Waals surface area (Å²) in [4.78, 5) is 2.34. The molecule has 0 aliphatic heterocycles. The maximum absolute atomic E-state index is 2.50. The number of fused-ring (bicyclic) bond motifs is 20. The molecule has 0 unspecified atom stereocenters. The normalized spacial score (nSPS) is 11.9. The van der Waals surface area contributed by atoms with Crippen molar-refractivity contribution in [3.8, 4) is 61.6 Å². The highest BCUT2D eigenvalue weighted by atomic mass is 32.1. The van der Waals surface area contributed by atoms with Gasteiger partial charge in [-0.1, -0.05) is 261 Å². The Morgan fingerprint density at radius 3 is 1.24 bits per heavy atom. The SMILES string of the molecule is c1ccc(-c2cccc(-c3ccc4c(c3)c3ccc5c6ccccc6sc5c3n4-c3ccc(-c4cccc5c4sc4ccccc45)cc3)c2)cc1.c1ccc(N(c2ccccc2)c2ccc3c(c2)c2ccc(-c4cccc(-n5c6ccccc6c6ccc7c8ccccc8sc7c65)c4)cc2n3-c2ccccc2)cc1. The molecule has 23 rings (SSSR count). The number of hydrogen-bond donors (Lipinski definition) is 0. The van der Waals surface area contributed by atoms with Crippen LogP contribution in [0, 0.1) is 0 Å². The predicted molar refractivity (Wildman–Crippen MR) is 471 cm³/mol. The van der Waals surface area contributed by atoms with Gasteiger partial charge in [0.25, 0.3) is 0 Å². The summed E-state index contributed by atoms with van der Waals surface area (Å²) in [5, 5.41) is 15.5. The zero-order valence-corrected chi connectivity index (χ0v) is 61.4. The lowest BCUT2D eigenvalue weighted by Crippen LogP contribution is -2.09. The van der Waals surface area contributed by atoms with E-state index in [4.69, 9.17) is 0 Å². The Morgan fingerprint density at radius 1 is 0.183 bits per heavy atom. The molecule has 0 amide bonds. The number of thiophene rings is 3. The van der Waals surface area contributed by atoms with E-state index in [-0.39, 0.29) is 0 Å². The van der Waals surface area contributed by atoms with Crippen molar-refractivity contribution in [2.24, 2.45) is 0 Å². The first-order valence-corrected chi connectivity index (χ1v) is 39.6. The second-order valence-corrected chi connectivity index (χ2v) is 31.4. The molecule has 0 bridgehead atoms. The molecule has 0 fully saturated rings. The van der Waals surface area contributed by atoms with Crippen molar-refractivity contribution in [3.05, 3.63) is 388 Å². The average molecular weight is 1440 g/mol. The van der Waals surface area contributed by atoms with Gasteiger partial charge in [0.1, 0.15) is 0 Å². The van der Waals surface area contributed by atoms with Crippen LogP contribution in [0.25, 0.3) is 188 Å². The summed E-state index contributed by atoms with van der Waals surface area (Å²) in [7, 11) is 0. The van der Waals surface area contributed by atoms with Gasteiger partial charge < -0.3 is 18.6 Å². The third-order valence-corrected chi connectivity index (χ3v) is 25.7. The largest absolute Gasteiger partial charge is 0.310 e. The van der Waals surface area contributed by atoms with Gasteiger partial charge in [0.2, 0.25) is 0 Å². The van der Waals surface area contributed by atoms with E-state index in [0.717, 1.165) is 28.4 Å². The van der Waals surface area contributed by atoms with Crippen molar-refractivity contribution < 1.29 is 0 Å². The first-order chi connectivity index (χ1) is 54.1. The van der Waals surface area contributed by atoms with E-state index in [1.54, 1.807) is 0 Å². The second kappa shape index (κ2) is 25.7. The minimum atomic E-state index is 1.12. The van der Waals surface area contributed by atoms with Crippen LogP contribution in [0.5, 0.6) is 0 Å². The van der Waals surface area contributed by atoms with E-state index < -0.39 is 0 Å². The van der Waals surface area contributed by atoms with Crippen LogP contribution in [0.1, 0.15) is 0 Å². The van der Waals surface area contributed by atoms with Crippen molar-refractivity contribution in [2.75, 3.05) is 4.90 Å². The lowest BCUT2D eigenvalue weighted by atomic mass is 9.98. The standard InChI is InChI=1S/C54H35N3S.C48H29NS2/c1-4-16-38(17-5-1)55(39-18-6-2-7-19-39)42-28-32-50-48(35-42)44-29-27-37(34-51(44)56(50)40-20-8-3-9-21-40)36-15-14-22-41(33-36)57-49-25-12-10-23-43(49)46-30-31-47-45-24-11-13-26-52(45)58-54(47)53(46)57;1-2-10-30(11-3-1)32-12-8-13-33(28-32)34-22-27-43-42(29-34)39-25-26-41-38-15-5-7-19-45(38)51-48(41)46(39)49(43)35-23-20-31(21-24-35)36-16-9-17-40-37-14-4-6-18-44(37)50-47(36)40/h1-35H;1-29H. The number of aromatic nitrogens is 3. The summed E-state index contributed by atoms with van der Waals surface area (Å²) in [5.41, 5.74) is 24.0. The Hall–Kier alpha value is -13.4. The minimum Gasteiger partial charge on any atom is -0.310 e. The molecular formula is C102H64N4S3. The number of nitrogens with zero attached hydrogens (tertiary/aromatic N) is 4. The smallest absolute Gasteiger partial charge is 0.0719 e. The predicted octanol–water partition coefficient (Wildman–Crippen LogP) is 29.9. The Bertz CT molecular complexity index is 7490. The number of rotatable bonds is 10. The molecular weight excluding hydrogens is 1380 g/mol. The van der Waals surface area contributed by atoms with Gasteiger partial charge in [-0.15, -0.1) is 34.0 Å². The molecule has 0 saturated heterocycles. The third kappa shape index (κ3) is 10.4. The Morgan fingerprint density at radius 2 is 0.578 bits per heavy atom. The summed E-state index contributed by atoms with van der Waals surface area (Å²) in [6.07, 6.45) is 0. The zero-order chi connectivity index (χ0) is 71.6. The molecule has 23 aromatic rings. The molecule has 0 aliphatic carbocycles. The average Bonchev–Trinajstić information content (AvgIpc) is 1.58. The lowest BCUT2D eigenvalue weighted by Gasteiger charge is -2.25. The topological polar surface area (TPSA) is 18.0 Å². The van der Waals surface area contributed by atoms with Crippen LogP contribution in [-0.4, -0.2) is 13.7 Å². The maximum atomic E-state index is 2.50. The number of anilines is 3. The van der Waals surface area contributed by atoms with Crippen LogP contribution >= 0.6 is 34.0 Å². The van der Waals surface area contributed by atoms with Crippen molar-refractivity contribution in [3.63, 3.8) is 0 Å². The van der Waals surface area contributed by atoms with Gasteiger partial charge in [-0.2, -0.15) is 0 Å². The van der Waals surface area contributed by atoms with Gasteiger partial charge >= 0.3 is 0 Å². The Kier molecular flexibility index (Phi) is 14.8. The van der Waals surface area contributed by atoms with Gasteiger partial charge in [-0.05, 0) is 172 Å². The van der Waals surface area contributed by atoms with Crippen LogP contribution in [0.15, 0.2) is 388 Å². The molecule has 6 heterocycles. The molecule has 4 nitrogen and oxygen atoms in total. The quantitative estimate of drug-likeness (QED) is 0.133. The van der Waals surface area contributed by atoms with Gasteiger partial charge in [0, 0.05) is 118 Å². The molecule has 0 atom stereocenters. The molecule has 6 aromatic heterocycles. The molecule has 0 N–H and O–H groups in total. The van der Waals surface area contributed by atoms with Crippen molar-refractivity contribution in [1.29, 1.82) is 0 Å². The summed E-state index contributed by atoms with van der Waals surface area (Å²) >= 11 is 5.68. The Labute approximate surface area is 640 Å². The summed E-state index contributed by atoms with van der Waals surface area (Å²) in [6.45, 7) is 0. The van der Waals surface area contributed by atoms with Crippen molar-refractivity contribution >= 4 is 177 Å². The van der Waals surface area contributed by atoms with Gasteiger partial charge in [0.05, 0.1) is 42.5 Å². The fraction of sp³-hybridized carbons (Fsp3) is 0. The summed E-state index contributed by atoms with van der Waals surface area (Å²) in [6, 6.07) is 142. The van der Waals surface area contributed by atoms with Gasteiger partial charge in [-0.25, -0.2) is 0 Å². The minimum absolute atomic E-state index is 1.12. The Balaban J connectivity index is 0.000000136. The van der Waals surface area contributed by atoms with E-state index in [0.29, 0.717) is 0 Å². The van der Waals surface area contributed by atoms with Crippen LogP contribution in [0.2, 0.25) is 0 Å². The highest BCUT2D eigenvalue weighted by molar-refractivity contribution is 7.27. The molecule has 0 saturated carbocycles. The van der Waals surface area contributed by atoms with Crippen LogP contribution < -0.4 is 4.90 Å². The molecule has 510 valence electrons.